The molecule has 1 saturated heterocycles. The van der Waals surface area contributed by atoms with Gasteiger partial charge < -0.3 is 15.0 Å². The molecular formula is C21H23ClN6O2. The fourth-order valence-corrected chi connectivity index (χ4v) is 3.87. The van der Waals surface area contributed by atoms with Gasteiger partial charge in [-0.1, -0.05) is 11.6 Å². The minimum Gasteiger partial charge on any atom is -0.497 e. The first-order chi connectivity index (χ1) is 14.6. The molecule has 1 N–H and O–H groups in total. The molecule has 3 aromatic rings. The molecule has 0 saturated carbocycles. The number of rotatable bonds is 5. The lowest BCUT2D eigenvalue weighted by Crippen LogP contribution is -2.52. The van der Waals surface area contributed by atoms with Crippen LogP contribution < -0.4 is 10.1 Å². The maximum absolute atomic E-state index is 13.5. The average Bonchev–Trinajstić information content (AvgIpc) is 3.31. The second-order valence-electron chi connectivity index (χ2n) is 7.20. The number of methoxy groups -OCH3 is 1. The lowest BCUT2D eigenvalue weighted by Gasteiger charge is -2.40. The van der Waals surface area contributed by atoms with Gasteiger partial charge in [-0.25, -0.2) is 4.98 Å². The molecule has 0 bridgehead atoms. The van der Waals surface area contributed by atoms with E-state index in [9.17, 15) is 4.79 Å². The number of likely N-dealkylation sites (tertiary alicyclic amines) is 1. The number of hydrogen-bond acceptors (Lipinski definition) is 6. The summed E-state index contributed by atoms with van der Waals surface area (Å²) in [4.78, 5) is 21.2. The molecule has 2 atom stereocenters. The van der Waals surface area contributed by atoms with Crippen LogP contribution in [-0.4, -0.2) is 56.5 Å². The number of nitrogens with one attached hydrogen (secondary N) is 1. The van der Waals surface area contributed by atoms with Crippen LogP contribution in [0.2, 0.25) is 5.02 Å². The molecule has 0 radical (unpaired) electrons. The van der Waals surface area contributed by atoms with Gasteiger partial charge in [-0.05, 0) is 44.0 Å². The summed E-state index contributed by atoms with van der Waals surface area (Å²) < 4.78 is 5.33. The minimum atomic E-state index is -0.0620. The van der Waals surface area contributed by atoms with Crippen LogP contribution in [0.5, 0.6) is 5.75 Å². The van der Waals surface area contributed by atoms with Crippen LogP contribution in [0, 0.1) is 0 Å². The van der Waals surface area contributed by atoms with Crippen molar-refractivity contribution in [1.29, 1.82) is 0 Å². The van der Waals surface area contributed by atoms with Crippen molar-refractivity contribution in [2.45, 2.75) is 31.8 Å². The molecule has 1 aromatic carbocycles. The molecule has 1 aliphatic heterocycles. The first-order valence-electron chi connectivity index (χ1n) is 9.80. The van der Waals surface area contributed by atoms with Crippen LogP contribution in [0.15, 0.2) is 48.9 Å². The summed E-state index contributed by atoms with van der Waals surface area (Å²) in [5.41, 5.74) is 1.12. The number of ether oxygens (including phenoxy) is 1. The zero-order valence-corrected chi connectivity index (χ0v) is 17.6. The number of halogens is 1. The molecule has 30 heavy (non-hydrogen) atoms. The van der Waals surface area contributed by atoms with Crippen molar-refractivity contribution in [2.24, 2.45) is 0 Å². The first-order valence-corrected chi connectivity index (χ1v) is 10.2. The molecule has 9 heteroatoms. The van der Waals surface area contributed by atoms with Crippen molar-refractivity contribution in [2.75, 3.05) is 19.0 Å². The highest BCUT2D eigenvalue weighted by molar-refractivity contribution is 6.30. The van der Waals surface area contributed by atoms with Crippen LogP contribution in [-0.2, 0) is 0 Å². The van der Waals surface area contributed by atoms with Crippen molar-refractivity contribution in [3.63, 3.8) is 0 Å². The minimum absolute atomic E-state index is 0.0238. The summed E-state index contributed by atoms with van der Waals surface area (Å²) in [6.45, 7) is 2.74. The predicted molar refractivity (Wildman–Crippen MR) is 114 cm³/mol. The highest BCUT2D eigenvalue weighted by atomic mass is 35.5. The third-order valence-electron chi connectivity index (χ3n) is 5.38. The fraction of sp³-hybridized carbons (Fsp3) is 0.333. The Kier molecular flexibility index (Phi) is 5.85. The Hall–Kier alpha value is -3.13. The van der Waals surface area contributed by atoms with E-state index >= 15 is 0 Å². The third kappa shape index (κ3) is 4.09. The van der Waals surface area contributed by atoms with E-state index in [2.05, 4.69) is 27.4 Å². The predicted octanol–water partition coefficient (Wildman–Crippen LogP) is 3.43. The van der Waals surface area contributed by atoms with Gasteiger partial charge in [0, 0.05) is 30.9 Å². The lowest BCUT2D eigenvalue weighted by atomic mass is 9.96. The van der Waals surface area contributed by atoms with E-state index in [1.165, 1.54) is 4.80 Å². The number of hydrogen-bond donors (Lipinski definition) is 1. The maximum atomic E-state index is 13.5. The molecule has 1 aliphatic rings. The van der Waals surface area contributed by atoms with Crippen LogP contribution in [0.4, 0.5) is 5.82 Å². The highest BCUT2D eigenvalue weighted by Crippen LogP contribution is 2.27. The summed E-state index contributed by atoms with van der Waals surface area (Å²) in [6, 6.07) is 9.03. The van der Waals surface area contributed by atoms with Gasteiger partial charge in [0.1, 0.15) is 17.3 Å². The molecule has 156 valence electrons. The molecule has 0 aliphatic carbocycles. The SMILES string of the molecule is COc1ccc(C(=O)N2CCC[C@@H](Nc3ccc(Cl)cn3)[C@@H]2C)c(-n2nccn2)c1. The standard InChI is InChI=1S/C21H23ClN6O2/c1-14-18(26-20-8-5-15(22)13-23-20)4-3-11-27(14)21(29)17-7-6-16(30-2)12-19(17)28-24-9-10-25-28/h5-10,12-14,18H,3-4,11H2,1-2H3,(H,23,26)/t14-,18+/m0/s1. The molecule has 3 heterocycles. The Morgan fingerprint density at radius 2 is 2.03 bits per heavy atom. The highest BCUT2D eigenvalue weighted by Gasteiger charge is 2.33. The van der Waals surface area contributed by atoms with E-state index in [-0.39, 0.29) is 18.0 Å². The van der Waals surface area contributed by atoms with Gasteiger partial charge in [0.25, 0.3) is 5.91 Å². The number of piperidine rings is 1. The molecule has 0 spiro atoms. The number of nitrogens with zero attached hydrogens (tertiary/aromatic N) is 5. The molecule has 8 nitrogen and oxygen atoms in total. The van der Waals surface area contributed by atoms with Gasteiger partial charge in [-0.3, -0.25) is 4.79 Å². The molecule has 2 aromatic heterocycles. The number of aromatic nitrogens is 4. The Morgan fingerprint density at radius 1 is 1.23 bits per heavy atom. The van der Waals surface area contributed by atoms with Crippen LogP contribution >= 0.6 is 11.6 Å². The Morgan fingerprint density at radius 3 is 2.73 bits per heavy atom. The number of carbonyl (C=O) groups excluding carboxylic acids is 1. The zero-order chi connectivity index (χ0) is 21.1. The van der Waals surface area contributed by atoms with Crippen molar-refractivity contribution in [3.8, 4) is 11.4 Å². The summed E-state index contributed by atoms with van der Waals surface area (Å²) >= 11 is 5.93. The van der Waals surface area contributed by atoms with Gasteiger partial charge in [0.2, 0.25) is 0 Å². The van der Waals surface area contributed by atoms with Gasteiger partial charge in [0.05, 0.1) is 30.1 Å². The van der Waals surface area contributed by atoms with Gasteiger partial charge in [-0.15, -0.1) is 0 Å². The van der Waals surface area contributed by atoms with Crippen molar-refractivity contribution >= 4 is 23.3 Å². The van der Waals surface area contributed by atoms with Gasteiger partial charge in [0.15, 0.2) is 0 Å². The first kappa shape index (κ1) is 20.2. The Labute approximate surface area is 179 Å². The zero-order valence-electron chi connectivity index (χ0n) is 16.8. The van der Waals surface area contributed by atoms with Gasteiger partial charge in [-0.2, -0.15) is 15.0 Å². The molecule has 1 amide bonds. The van der Waals surface area contributed by atoms with E-state index in [0.717, 1.165) is 18.7 Å². The Bertz CT molecular complexity index is 1010. The largest absolute Gasteiger partial charge is 0.497 e. The average molecular weight is 427 g/mol. The number of pyridine rings is 1. The molecule has 0 unspecified atom stereocenters. The fourth-order valence-electron chi connectivity index (χ4n) is 3.75. The smallest absolute Gasteiger partial charge is 0.256 e. The topological polar surface area (TPSA) is 85.2 Å². The van der Waals surface area contributed by atoms with E-state index in [4.69, 9.17) is 16.3 Å². The van der Waals surface area contributed by atoms with Crippen LogP contribution in [0.3, 0.4) is 0 Å². The van der Waals surface area contributed by atoms with E-state index in [1.54, 1.807) is 50.0 Å². The third-order valence-corrected chi connectivity index (χ3v) is 5.60. The monoisotopic (exact) mass is 426 g/mol. The number of amides is 1. The quantitative estimate of drug-likeness (QED) is 0.672. The molecular weight excluding hydrogens is 404 g/mol. The van der Waals surface area contributed by atoms with Crippen LogP contribution in [0.25, 0.3) is 5.69 Å². The second-order valence-corrected chi connectivity index (χ2v) is 7.63. The van der Waals surface area contributed by atoms with Crippen molar-refractivity contribution < 1.29 is 9.53 Å². The maximum Gasteiger partial charge on any atom is 0.256 e. The lowest BCUT2D eigenvalue weighted by molar-refractivity contribution is 0.0616. The summed E-state index contributed by atoms with van der Waals surface area (Å²) in [6.07, 6.45) is 6.62. The molecule has 4 rings (SSSR count). The number of carbonyl (C=O) groups is 1. The summed E-state index contributed by atoms with van der Waals surface area (Å²) in [5.74, 6) is 1.32. The van der Waals surface area contributed by atoms with E-state index < -0.39 is 0 Å². The number of anilines is 1. The van der Waals surface area contributed by atoms with Crippen molar-refractivity contribution in [1.82, 2.24) is 24.9 Å². The molecule has 1 fully saturated rings. The van der Waals surface area contributed by atoms with E-state index in [1.807, 2.05) is 11.0 Å². The van der Waals surface area contributed by atoms with Gasteiger partial charge >= 0.3 is 0 Å². The van der Waals surface area contributed by atoms with E-state index in [0.29, 0.717) is 28.6 Å². The second kappa shape index (κ2) is 8.71. The van der Waals surface area contributed by atoms with Crippen LogP contribution in [0.1, 0.15) is 30.1 Å². The van der Waals surface area contributed by atoms with Crippen molar-refractivity contribution in [3.05, 3.63) is 59.5 Å². The summed E-state index contributed by atoms with van der Waals surface area (Å²) in [5, 5.41) is 12.4. The Balaban J connectivity index is 1.59. The summed E-state index contributed by atoms with van der Waals surface area (Å²) in [7, 11) is 1.59. The number of benzene rings is 1. The normalized spacial score (nSPS) is 18.8.